The molecule has 0 saturated heterocycles. The number of nitrogens with two attached hydrogens (primary N) is 1. The molecule has 1 amide bonds. The lowest BCUT2D eigenvalue weighted by Crippen LogP contribution is -2.52. The Morgan fingerprint density at radius 1 is 1.67 bits per heavy atom. The zero-order chi connectivity index (χ0) is 13.7. The molecule has 1 aliphatic rings. The van der Waals surface area contributed by atoms with Gasteiger partial charge in [-0.1, -0.05) is 18.5 Å². The number of amides is 1. The molecule has 7 heteroatoms. The minimum absolute atomic E-state index is 0.0504. The van der Waals surface area contributed by atoms with Crippen LogP contribution in [0.5, 0.6) is 0 Å². The Bertz CT molecular complexity index is 544. The Kier molecular flexibility index (Phi) is 3.46. The summed E-state index contributed by atoms with van der Waals surface area (Å²) in [5, 5.41) is 2.49. The molecule has 0 radical (unpaired) electrons. The zero-order valence-corrected chi connectivity index (χ0v) is 13.4. The van der Waals surface area contributed by atoms with Crippen molar-refractivity contribution in [2.24, 2.45) is 16.6 Å². The van der Waals surface area contributed by atoms with Gasteiger partial charge < -0.3 is 5.73 Å². The van der Waals surface area contributed by atoms with Crippen LogP contribution in [0.3, 0.4) is 0 Å². The van der Waals surface area contributed by atoms with Crippen LogP contribution in [0.2, 0.25) is 5.02 Å². The van der Waals surface area contributed by atoms with Crippen LogP contribution in [0.4, 0.5) is 0 Å². The number of hydrogen-bond acceptors (Lipinski definition) is 4. The Morgan fingerprint density at radius 2 is 2.28 bits per heavy atom. The fraction of sp³-hybridized carbons (Fsp3) is 0.455. The van der Waals surface area contributed by atoms with Crippen molar-refractivity contribution in [2.45, 2.75) is 19.4 Å². The predicted octanol–water partition coefficient (Wildman–Crippen LogP) is 2.80. The van der Waals surface area contributed by atoms with Crippen molar-refractivity contribution in [2.75, 3.05) is 7.05 Å². The lowest BCUT2D eigenvalue weighted by molar-refractivity contribution is -0.133. The first-order chi connectivity index (χ1) is 8.29. The number of rotatable bonds is 1. The van der Waals surface area contributed by atoms with Gasteiger partial charge in [0, 0.05) is 16.9 Å². The van der Waals surface area contributed by atoms with Crippen molar-refractivity contribution in [1.29, 1.82) is 0 Å². The molecule has 0 unspecified atom stereocenters. The minimum atomic E-state index is -0.707. The van der Waals surface area contributed by atoms with Crippen LogP contribution in [-0.4, -0.2) is 23.8 Å². The summed E-state index contributed by atoms with van der Waals surface area (Å²) in [6.45, 7) is 3.73. The molecule has 0 spiro atoms. The second kappa shape index (κ2) is 4.51. The number of carbonyl (C=O) groups is 1. The van der Waals surface area contributed by atoms with Crippen molar-refractivity contribution < 1.29 is 4.79 Å². The molecule has 0 aliphatic carbocycles. The van der Waals surface area contributed by atoms with Gasteiger partial charge in [0.25, 0.3) is 0 Å². The number of nitrogens with zero attached hydrogens (tertiary/aromatic N) is 2. The number of aliphatic imine (C=N–C) groups is 1. The van der Waals surface area contributed by atoms with E-state index in [0.29, 0.717) is 5.02 Å². The van der Waals surface area contributed by atoms with E-state index in [9.17, 15) is 4.79 Å². The molecule has 1 aromatic rings. The summed E-state index contributed by atoms with van der Waals surface area (Å²) in [6.07, 6.45) is 0. The van der Waals surface area contributed by atoms with Crippen LogP contribution in [-0.2, 0) is 10.3 Å². The van der Waals surface area contributed by atoms with E-state index >= 15 is 0 Å². The van der Waals surface area contributed by atoms with Gasteiger partial charge in [0.1, 0.15) is 5.54 Å². The first-order valence-corrected chi connectivity index (χ1v) is 7.40. The van der Waals surface area contributed by atoms with Crippen LogP contribution in [0, 0.1) is 5.92 Å². The summed E-state index contributed by atoms with van der Waals surface area (Å²) in [5.41, 5.74) is 5.10. The number of carbonyl (C=O) groups excluding carboxylic acids is 1. The quantitative estimate of drug-likeness (QED) is 0.846. The van der Waals surface area contributed by atoms with Gasteiger partial charge in [-0.2, -0.15) is 0 Å². The smallest absolute Gasteiger partial charge is 0.234 e. The maximum atomic E-state index is 12.2. The van der Waals surface area contributed by atoms with Gasteiger partial charge in [0.2, 0.25) is 5.91 Å². The number of guanidine groups is 1. The summed E-state index contributed by atoms with van der Waals surface area (Å²) in [6, 6.07) is 0. The zero-order valence-electron chi connectivity index (χ0n) is 10.2. The van der Waals surface area contributed by atoms with Gasteiger partial charge in [0.05, 0.1) is 15.8 Å². The molecule has 1 aromatic heterocycles. The van der Waals surface area contributed by atoms with E-state index < -0.39 is 5.54 Å². The van der Waals surface area contributed by atoms with Crippen LogP contribution in [0.25, 0.3) is 0 Å². The fourth-order valence-electron chi connectivity index (χ4n) is 1.97. The second-order valence-corrected chi connectivity index (χ2v) is 6.58. The van der Waals surface area contributed by atoms with Crippen molar-refractivity contribution in [3.8, 4) is 0 Å². The molecule has 0 bridgehead atoms. The number of halogens is 2. The van der Waals surface area contributed by atoms with Crippen LogP contribution in [0.1, 0.15) is 18.7 Å². The van der Waals surface area contributed by atoms with Crippen LogP contribution in [0.15, 0.2) is 14.8 Å². The maximum Gasteiger partial charge on any atom is 0.234 e. The monoisotopic (exact) mass is 349 g/mol. The van der Waals surface area contributed by atoms with E-state index in [2.05, 4.69) is 20.9 Å². The molecule has 0 aromatic carbocycles. The summed E-state index contributed by atoms with van der Waals surface area (Å²) < 4.78 is 0.817. The molecule has 0 saturated carbocycles. The summed E-state index contributed by atoms with van der Waals surface area (Å²) >= 11 is 11.1. The third-order valence-electron chi connectivity index (χ3n) is 3.38. The van der Waals surface area contributed by atoms with Gasteiger partial charge in [-0.3, -0.25) is 9.69 Å². The third-order valence-corrected chi connectivity index (χ3v) is 6.25. The van der Waals surface area contributed by atoms with Crippen LogP contribution >= 0.6 is 38.9 Å². The van der Waals surface area contributed by atoms with E-state index in [1.807, 2.05) is 19.2 Å². The van der Waals surface area contributed by atoms with E-state index in [-0.39, 0.29) is 17.8 Å². The molecule has 98 valence electrons. The summed E-state index contributed by atoms with van der Waals surface area (Å²) in [5.74, 6) is -0.135. The van der Waals surface area contributed by atoms with Crippen molar-refractivity contribution in [3.63, 3.8) is 0 Å². The molecule has 2 atom stereocenters. The van der Waals surface area contributed by atoms with Gasteiger partial charge >= 0.3 is 0 Å². The number of hydrogen-bond donors (Lipinski definition) is 1. The molecule has 0 fully saturated rings. The molecule has 2 rings (SSSR count). The van der Waals surface area contributed by atoms with Crippen LogP contribution < -0.4 is 5.73 Å². The maximum absolute atomic E-state index is 12.2. The highest BCUT2D eigenvalue weighted by molar-refractivity contribution is 9.10. The fourth-order valence-corrected chi connectivity index (χ4v) is 4.03. The molecule has 2 heterocycles. The first kappa shape index (κ1) is 13.8. The second-order valence-electron chi connectivity index (χ2n) is 4.46. The Labute approximate surface area is 123 Å². The van der Waals surface area contributed by atoms with Crippen molar-refractivity contribution in [3.05, 3.63) is 19.8 Å². The topological polar surface area (TPSA) is 58.7 Å². The molecular formula is C11H13BrClN3OS. The largest absolute Gasteiger partial charge is 0.369 e. The molecule has 1 aliphatic heterocycles. The Morgan fingerprint density at radius 3 is 2.78 bits per heavy atom. The minimum Gasteiger partial charge on any atom is -0.369 e. The van der Waals surface area contributed by atoms with Gasteiger partial charge in [-0.05, 0) is 22.9 Å². The highest BCUT2D eigenvalue weighted by Gasteiger charge is 2.45. The number of thiophene rings is 1. The van der Waals surface area contributed by atoms with Crippen molar-refractivity contribution >= 4 is 50.7 Å². The van der Waals surface area contributed by atoms with E-state index in [1.165, 1.54) is 16.2 Å². The summed E-state index contributed by atoms with van der Waals surface area (Å²) in [7, 11) is 1.63. The first-order valence-electron chi connectivity index (χ1n) is 5.35. The third kappa shape index (κ3) is 1.87. The molecule has 4 nitrogen and oxygen atoms in total. The van der Waals surface area contributed by atoms with Gasteiger partial charge in [-0.25, -0.2) is 4.99 Å². The van der Waals surface area contributed by atoms with Gasteiger partial charge in [0.15, 0.2) is 5.96 Å². The molecular weight excluding hydrogens is 338 g/mol. The Balaban J connectivity index is 2.60. The summed E-state index contributed by atoms with van der Waals surface area (Å²) in [4.78, 5) is 18.9. The van der Waals surface area contributed by atoms with E-state index in [4.69, 9.17) is 17.3 Å². The highest BCUT2D eigenvalue weighted by atomic mass is 79.9. The Hall–Kier alpha value is -0.590. The van der Waals surface area contributed by atoms with Gasteiger partial charge in [-0.15, -0.1) is 11.3 Å². The van der Waals surface area contributed by atoms with E-state index in [0.717, 1.165) is 9.35 Å². The predicted molar refractivity (Wildman–Crippen MR) is 77.9 cm³/mol. The average molecular weight is 351 g/mol. The molecule has 18 heavy (non-hydrogen) atoms. The van der Waals surface area contributed by atoms with E-state index in [1.54, 1.807) is 7.05 Å². The molecule has 2 N–H and O–H groups in total. The lowest BCUT2D eigenvalue weighted by Gasteiger charge is -2.38. The van der Waals surface area contributed by atoms with Crippen molar-refractivity contribution in [1.82, 2.24) is 4.90 Å². The SMILES string of the molecule is C[C@H]1C(=O)N(C)C(N)=N[C@]1(C)c1scc(Br)c1Cl. The standard InChI is InChI=1S/C11H13BrClN3OS/c1-5-9(17)16(3)10(14)15-11(5,2)8-7(13)6(12)4-18-8/h4-5H,1-3H3,(H2,14,15)/t5-,11-/m0/s1. The lowest BCUT2D eigenvalue weighted by atomic mass is 9.84. The normalized spacial score (nSPS) is 28.5. The highest BCUT2D eigenvalue weighted by Crippen LogP contribution is 2.46. The average Bonchev–Trinajstić information content (AvgIpc) is 2.65.